The lowest BCUT2D eigenvalue weighted by Gasteiger charge is -2.14. The largest absolute Gasteiger partial charge is 0.434 e. The van der Waals surface area contributed by atoms with Crippen LogP contribution in [0.15, 0.2) is 24.5 Å². The second-order valence-corrected chi connectivity index (χ2v) is 7.09. The number of halogens is 2. The summed E-state index contributed by atoms with van der Waals surface area (Å²) in [7, 11) is 0. The van der Waals surface area contributed by atoms with Crippen molar-refractivity contribution >= 4 is 46.6 Å². The van der Waals surface area contributed by atoms with Crippen LogP contribution in [0, 0.1) is 0 Å². The van der Waals surface area contributed by atoms with Gasteiger partial charge in [0.05, 0.1) is 28.1 Å². The molecule has 4 N–H and O–H groups in total. The smallest absolute Gasteiger partial charge is 0.327 e. The predicted octanol–water partition coefficient (Wildman–Crippen LogP) is 2.76. The van der Waals surface area contributed by atoms with E-state index in [1.165, 1.54) is 6.26 Å². The third-order valence-corrected chi connectivity index (χ3v) is 5.15. The molecule has 0 spiro atoms. The monoisotopic (exact) mass is 376 g/mol. The quantitative estimate of drug-likeness (QED) is 0.367. The van der Waals surface area contributed by atoms with Crippen molar-refractivity contribution in [3.8, 4) is 0 Å². The number of hydrogen-bond donors (Lipinski definition) is 3. The van der Waals surface area contributed by atoms with Gasteiger partial charge < -0.3 is 20.9 Å². The number of aliphatic hydroxyl groups is 1. The molecule has 1 aromatic rings. The number of nitrogens with one attached hydrogen (secondary N) is 1. The second-order valence-electron chi connectivity index (χ2n) is 5.03. The van der Waals surface area contributed by atoms with Gasteiger partial charge in [0.1, 0.15) is 5.25 Å². The van der Waals surface area contributed by atoms with Crippen molar-refractivity contribution in [2.24, 2.45) is 0 Å². The molecule has 23 heavy (non-hydrogen) atoms. The number of aliphatic hydroxyl groups excluding tert-OH is 1. The third-order valence-electron chi connectivity index (χ3n) is 3.29. The van der Waals surface area contributed by atoms with Gasteiger partial charge in [0, 0.05) is 6.54 Å². The Labute approximate surface area is 149 Å². The van der Waals surface area contributed by atoms with Gasteiger partial charge in [-0.15, -0.1) is 11.8 Å². The fourth-order valence-electron chi connectivity index (χ4n) is 2.01. The first-order valence-corrected chi connectivity index (χ1v) is 8.91. The third kappa shape index (κ3) is 5.29. The van der Waals surface area contributed by atoms with Crippen molar-refractivity contribution in [1.82, 2.24) is 5.32 Å². The number of hydrogen-bond acceptors (Lipinski definition) is 6. The van der Waals surface area contributed by atoms with Gasteiger partial charge in [-0.3, -0.25) is 4.79 Å². The molecule has 0 bridgehead atoms. The minimum Gasteiger partial charge on any atom is -0.434 e. The maximum Gasteiger partial charge on any atom is 0.327 e. The molecule has 0 amide bonds. The fourth-order valence-corrected chi connectivity index (χ4v) is 3.44. The van der Waals surface area contributed by atoms with Crippen LogP contribution in [0.5, 0.6) is 0 Å². The van der Waals surface area contributed by atoms with Crippen LogP contribution >= 0.6 is 35.0 Å². The average Bonchev–Trinajstić information content (AvgIpc) is 2.92. The highest BCUT2D eigenvalue weighted by atomic mass is 35.5. The van der Waals surface area contributed by atoms with Crippen LogP contribution in [0.1, 0.15) is 18.1 Å². The van der Waals surface area contributed by atoms with Gasteiger partial charge in [0.2, 0.25) is 0 Å². The minimum atomic E-state index is -0.717. The Morgan fingerprint density at radius 2 is 2.09 bits per heavy atom. The summed E-state index contributed by atoms with van der Waals surface area (Å²) in [5, 5.41) is 13.8. The van der Waals surface area contributed by atoms with Crippen molar-refractivity contribution in [3.05, 3.63) is 40.1 Å². The van der Waals surface area contributed by atoms with Crippen molar-refractivity contribution in [3.63, 3.8) is 0 Å². The van der Waals surface area contributed by atoms with E-state index in [4.69, 9.17) is 33.7 Å². The van der Waals surface area contributed by atoms with Gasteiger partial charge in [-0.25, -0.2) is 0 Å². The van der Waals surface area contributed by atoms with E-state index in [-0.39, 0.29) is 11.2 Å². The lowest BCUT2D eigenvalue weighted by molar-refractivity contribution is -0.134. The molecular weight excluding hydrogens is 359 g/mol. The van der Waals surface area contributed by atoms with Gasteiger partial charge in [-0.05, 0) is 42.5 Å². The number of nitrogen functional groups attached to an aromatic ring is 1. The Hall–Kier alpha value is -0.920. The van der Waals surface area contributed by atoms with E-state index in [0.717, 1.165) is 18.7 Å². The molecule has 0 aromatic heterocycles. The Morgan fingerprint density at radius 3 is 2.70 bits per heavy atom. The molecule has 2 atom stereocenters. The second kappa shape index (κ2) is 8.80. The number of nitrogens with two attached hydrogens (primary N) is 1. The van der Waals surface area contributed by atoms with Gasteiger partial charge in [0.25, 0.3) is 0 Å². The Kier molecular flexibility index (Phi) is 7.05. The van der Waals surface area contributed by atoms with Crippen LogP contribution in [-0.4, -0.2) is 35.2 Å². The van der Waals surface area contributed by atoms with Crippen LogP contribution in [0.3, 0.4) is 0 Å². The number of carbonyl (C=O) groups excluding carboxylic acids is 1. The van der Waals surface area contributed by atoms with E-state index < -0.39 is 6.10 Å². The highest BCUT2D eigenvalue weighted by Crippen LogP contribution is 2.31. The molecule has 0 aliphatic carbocycles. The van der Waals surface area contributed by atoms with E-state index in [2.05, 4.69) is 5.32 Å². The normalized spacial score (nSPS) is 18.2. The standard InChI is InChI=1S/C15H18Cl2N2O3S/c16-10-6-9(7-11(17)14(10)18)12(20)8-19-3-1-5-23-13-2-4-22-15(13)21/h2,4,6-7,12-13,19-20H,1,3,5,8,18H2. The summed E-state index contributed by atoms with van der Waals surface area (Å²) in [5.74, 6) is 0.614. The molecule has 0 fully saturated rings. The van der Waals surface area contributed by atoms with E-state index >= 15 is 0 Å². The van der Waals surface area contributed by atoms with Crippen molar-refractivity contribution < 1.29 is 14.6 Å². The molecule has 126 valence electrons. The lowest BCUT2D eigenvalue weighted by Crippen LogP contribution is -2.23. The molecule has 2 rings (SSSR count). The molecule has 0 saturated carbocycles. The van der Waals surface area contributed by atoms with E-state index in [1.807, 2.05) is 0 Å². The molecule has 2 unspecified atom stereocenters. The number of cyclic esters (lactones) is 1. The van der Waals surface area contributed by atoms with Crippen LogP contribution < -0.4 is 11.1 Å². The molecule has 5 nitrogen and oxygen atoms in total. The molecule has 0 radical (unpaired) electrons. The molecular formula is C15H18Cl2N2O3S. The summed E-state index contributed by atoms with van der Waals surface area (Å²) >= 11 is 13.4. The summed E-state index contributed by atoms with van der Waals surface area (Å²) in [6.45, 7) is 1.11. The fraction of sp³-hybridized carbons (Fsp3) is 0.400. The van der Waals surface area contributed by atoms with Crippen LogP contribution in [-0.2, 0) is 9.53 Å². The Morgan fingerprint density at radius 1 is 1.39 bits per heavy atom. The number of esters is 1. The molecule has 1 aromatic carbocycles. The predicted molar refractivity (Wildman–Crippen MR) is 94.8 cm³/mol. The average molecular weight is 377 g/mol. The number of anilines is 1. The zero-order valence-electron chi connectivity index (χ0n) is 12.3. The van der Waals surface area contributed by atoms with E-state index in [0.29, 0.717) is 27.8 Å². The van der Waals surface area contributed by atoms with E-state index in [9.17, 15) is 9.90 Å². The molecule has 8 heteroatoms. The summed E-state index contributed by atoms with van der Waals surface area (Å²) in [4.78, 5) is 11.2. The minimum absolute atomic E-state index is 0.195. The van der Waals surface area contributed by atoms with Crippen LogP contribution in [0.25, 0.3) is 0 Å². The number of benzene rings is 1. The zero-order valence-corrected chi connectivity index (χ0v) is 14.6. The highest BCUT2D eigenvalue weighted by Gasteiger charge is 2.21. The number of carbonyl (C=O) groups is 1. The topological polar surface area (TPSA) is 84.6 Å². The van der Waals surface area contributed by atoms with Gasteiger partial charge in [0.15, 0.2) is 0 Å². The summed E-state index contributed by atoms with van der Waals surface area (Å²) in [6.07, 6.45) is 3.33. The summed E-state index contributed by atoms with van der Waals surface area (Å²) in [6, 6.07) is 3.23. The molecule has 1 heterocycles. The molecule has 1 aliphatic rings. The zero-order chi connectivity index (χ0) is 16.8. The Balaban J connectivity index is 1.66. The van der Waals surface area contributed by atoms with Gasteiger partial charge in [-0.2, -0.15) is 0 Å². The number of rotatable bonds is 8. The first-order chi connectivity index (χ1) is 11.0. The number of thioether (sulfide) groups is 1. The van der Waals surface area contributed by atoms with E-state index in [1.54, 1.807) is 30.0 Å². The number of ether oxygens (including phenoxy) is 1. The molecule has 0 saturated heterocycles. The maximum atomic E-state index is 11.2. The maximum absolute atomic E-state index is 11.2. The highest BCUT2D eigenvalue weighted by molar-refractivity contribution is 8.00. The van der Waals surface area contributed by atoms with Crippen molar-refractivity contribution in [1.29, 1.82) is 0 Å². The SMILES string of the molecule is Nc1c(Cl)cc(C(O)CNCCCSC2C=COC2=O)cc1Cl. The van der Waals surface area contributed by atoms with Gasteiger partial charge >= 0.3 is 5.97 Å². The summed E-state index contributed by atoms with van der Waals surface area (Å²) in [5.41, 5.74) is 6.60. The lowest BCUT2D eigenvalue weighted by atomic mass is 10.1. The summed E-state index contributed by atoms with van der Waals surface area (Å²) < 4.78 is 4.73. The molecule has 1 aliphatic heterocycles. The first-order valence-electron chi connectivity index (χ1n) is 7.11. The van der Waals surface area contributed by atoms with Crippen molar-refractivity contribution in [2.75, 3.05) is 24.6 Å². The first kappa shape index (κ1) is 18.4. The van der Waals surface area contributed by atoms with Gasteiger partial charge in [-0.1, -0.05) is 23.2 Å². The van der Waals surface area contributed by atoms with Crippen LogP contribution in [0.2, 0.25) is 10.0 Å². The Bertz CT molecular complexity index is 575. The van der Waals surface area contributed by atoms with Crippen LogP contribution in [0.4, 0.5) is 5.69 Å². The van der Waals surface area contributed by atoms with Crippen molar-refractivity contribution in [2.45, 2.75) is 17.8 Å².